The van der Waals surface area contributed by atoms with E-state index in [2.05, 4.69) is 22.2 Å². The fourth-order valence-electron chi connectivity index (χ4n) is 4.34. The molecule has 5 nitrogen and oxygen atoms in total. The lowest BCUT2D eigenvalue weighted by molar-refractivity contribution is 0.147. The number of hydrogen-bond acceptors (Lipinski definition) is 3. The van der Waals surface area contributed by atoms with Gasteiger partial charge < -0.3 is 20.0 Å². The molecule has 3 fully saturated rings. The predicted octanol–water partition coefficient (Wildman–Crippen LogP) is 2.23. The highest BCUT2D eigenvalue weighted by Gasteiger charge is 2.35. The summed E-state index contributed by atoms with van der Waals surface area (Å²) in [4.78, 5) is 19.2. The zero-order chi connectivity index (χ0) is 16.9. The first-order chi connectivity index (χ1) is 11.6. The molecule has 0 aromatic heterocycles. The second-order valence-electron chi connectivity index (χ2n) is 8.33. The van der Waals surface area contributed by atoms with Gasteiger partial charge in [-0.05, 0) is 57.5 Å². The van der Waals surface area contributed by atoms with Gasteiger partial charge in [0.05, 0.1) is 0 Å². The molecule has 1 N–H and O–H groups in total. The Morgan fingerprint density at radius 2 is 1.83 bits per heavy atom. The predicted molar refractivity (Wildman–Crippen MR) is 98.2 cm³/mol. The van der Waals surface area contributed by atoms with E-state index in [4.69, 9.17) is 0 Å². The molecule has 5 heteroatoms. The van der Waals surface area contributed by atoms with Crippen LogP contribution >= 0.6 is 0 Å². The summed E-state index contributed by atoms with van der Waals surface area (Å²) in [7, 11) is 4.13. The minimum atomic E-state index is 0.134. The van der Waals surface area contributed by atoms with Gasteiger partial charge in [-0.3, -0.25) is 0 Å². The third kappa shape index (κ3) is 5.35. The quantitative estimate of drug-likeness (QED) is 0.808. The van der Waals surface area contributed by atoms with Crippen molar-refractivity contribution in [2.75, 3.05) is 53.4 Å². The number of carbonyl (C=O) groups is 1. The van der Waals surface area contributed by atoms with Crippen LogP contribution in [0.1, 0.15) is 44.9 Å². The summed E-state index contributed by atoms with van der Waals surface area (Å²) in [5, 5.41) is 3.29. The van der Waals surface area contributed by atoms with Gasteiger partial charge in [0, 0.05) is 45.8 Å². The van der Waals surface area contributed by atoms with Crippen molar-refractivity contribution < 1.29 is 4.79 Å². The first-order valence-electron chi connectivity index (χ1n) is 10.0. The average molecular weight is 337 g/mol. The number of piperazine rings is 1. The van der Waals surface area contributed by atoms with Gasteiger partial charge in [-0.2, -0.15) is 0 Å². The van der Waals surface area contributed by atoms with Gasteiger partial charge in [-0.25, -0.2) is 4.79 Å². The van der Waals surface area contributed by atoms with Crippen molar-refractivity contribution in [1.29, 1.82) is 0 Å². The molecule has 0 unspecified atom stereocenters. The minimum absolute atomic E-state index is 0.134. The van der Waals surface area contributed by atoms with Crippen LogP contribution in [0.25, 0.3) is 0 Å². The van der Waals surface area contributed by atoms with Crippen LogP contribution in [0.3, 0.4) is 0 Å². The number of hydrogen-bond donors (Lipinski definition) is 1. The first kappa shape index (κ1) is 18.0. The zero-order valence-electron chi connectivity index (χ0n) is 15.7. The van der Waals surface area contributed by atoms with E-state index in [-0.39, 0.29) is 6.03 Å². The monoisotopic (exact) mass is 336 g/mol. The lowest BCUT2D eigenvalue weighted by atomic mass is 9.83. The molecule has 0 aromatic carbocycles. The molecule has 1 heterocycles. The summed E-state index contributed by atoms with van der Waals surface area (Å²) in [5.74, 6) is 1.86. The van der Waals surface area contributed by atoms with Crippen LogP contribution < -0.4 is 5.32 Å². The number of nitrogens with one attached hydrogen (secondary N) is 1. The van der Waals surface area contributed by atoms with Crippen LogP contribution in [0, 0.1) is 11.8 Å². The normalized spacial score (nSPS) is 29.4. The Hall–Kier alpha value is -0.810. The maximum atomic E-state index is 12.4. The number of carbonyl (C=O) groups excluding carboxylic acids is 1. The van der Waals surface area contributed by atoms with E-state index in [9.17, 15) is 4.79 Å². The van der Waals surface area contributed by atoms with Crippen molar-refractivity contribution in [3.8, 4) is 0 Å². The molecule has 3 aliphatic rings. The van der Waals surface area contributed by atoms with Gasteiger partial charge >= 0.3 is 6.03 Å². The van der Waals surface area contributed by atoms with E-state index in [0.29, 0.717) is 6.04 Å². The second kappa shape index (κ2) is 8.52. The maximum absolute atomic E-state index is 12.4. The summed E-state index contributed by atoms with van der Waals surface area (Å²) in [6, 6.07) is 0.548. The van der Waals surface area contributed by atoms with Crippen LogP contribution in [-0.4, -0.2) is 80.1 Å². The number of nitrogens with zero attached hydrogens (tertiary/aromatic N) is 3. The van der Waals surface area contributed by atoms with E-state index in [1.165, 1.54) is 51.6 Å². The zero-order valence-corrected chi connectivity index (χ0v) is 15.7. The third-order valence-corrected chi connectivity index (χ3v) is 6.24. The molecule has 24 heavy (non-hydrogen) atoms. The van der Waals surface area contributed by atoms with Crippen molar-refractivity contribution in [3.63, 3.8) is 0 Å². The molecule has 1 saturated heterocycles. The maximum Gasteiger partial charge on any atom is 0.317 e. The SMILES string of the molecule is CN1CCN(CCCN(C)C(=O)N[C@H]2CCC[C@@H](C3CC3)C2)CC1. The van der Waals surface area contributed by atoms with E-state index in [1.54, 1.807) is 0 Å². The van der Waals surface area contributed by atoms with E-state index in [1.807, 2.05) is 11.9 Å². The molecular weight excluding hydrogens is 300 g/mol. The number of rotatable bonds is 6. The number of amides is 2. The summed E-state index contributed by atoms with van der Waals surface area (Å²) in [5.41, 5.74) is 0. The van der Waals surface area contributed by atoms with Gasteiger partial charge in [0.2, 0.25) is 0 Å². The van der Waals surface area contributed by atoms with Crippen LogP contribution in [0.5, 0.6) is 0 Å². The van der Waals surface area contributed by atoms with Gasteiger partial charge in [0.25, 0.3) is 0 Å². The van der Waals surface area contributed by atoms with Crippen molar-refractivity contribution in [3.05, 3.63) is 0 Å². The van der Waals surface area contributed by atoms with Crippen molar-refractivity contribution in [2.24, 2.45) is 11.8 Å². The molecule has 0 radical (unpaired) electrons. The topological polar surface area (TPSA) is 38.8 Å². The minimum Gasteiger partial charge on any atom is -0.335 e. The van der Waals surface area contributed by atoms with Crippen molar-refractivity contribution in [1.82, 2.24) is 20.0 Å². The molecule has 138 valence electrons. The standard InChI is InChI=1S/C19H36N4O/c1-21-11-13-23(14-12-21)10-4-9-22(2)19(24)20-18-6-3-5-17(15-18)16-7-8-16/h16-18H,3-15H2,1-2H3,(H,20,24)/t17-,18+/m1/s1. The number of urea groups is 1. The lowest BCUT2D eigenvalue weighted by Crippen LogP contribution is -2.47. The Kier molecular flexibility index (Phi) is 6.39. The van der Waals surface area contributed by atoms with E-state index in [0.717, 1.165) is 44.4 Å². The molecule has 3 rings (SSSR count). The first-order valence-corrected chi connectivity index (χ1v) is 10.0. The highest BCUT2D eigenvalue weighted by molar-refractivity contribution is 5.74. The molecule has 1 aliphatic heterocycles. The molecular formula is C19H36N4O. The van der Waals surface area contributed by atoms with Crippen molar-refractivity contribution >= 4 is 6.03 Å². The lowest BCUT2D eigenvalue weighted by Gasteiger charge is -2.33. The summed E-state index contributed by atoms with van der Waals surface area (Å²) in [6.07, 6.45) is 8.99. The summed E-state index contributed by atoms with van der Waals surface area (Å²) < 4.78 is 0. The highest BCUT2D eigenvalue weighted by Crippen LogP contribution is 2.43. The highest BCUT2D eigenvalue weighted by atomic mass is 16.2. The Morgan fingerprint density at radius 1 is 1.08 bits per heavy atom. The van der Waals surface area contributed by atoms with Gasteiger partial charge in [0.1, 0.15) is 0 Å². The van der Waals surface area contributed by atoms with Gasteiger partial charge in [-0.15, -0.1) is 0 Å². The molecule has 2 atom stereocenters. The molecule has 0 spiro atoms. The molecule has 2 saturated carbocycles. The van der Waals surface area contributed by atoms with E-state index < -0.39 is 0 Å². The Morgan fingerprint density at radius 3 is 2.54 bits per heavy atom. The molecule has 2 aliphatic carbocycles. The van der Waals surface area contributed by atoms with Crippen LogP contribution in [-0.2, 0) is 0 Å². The van der Waals surface area contributed by atoms with Crippen LogP contribution in [0.4, 0.5) is 4.79 Å². The van der Waals surface area contributed by atoms with Crippen LogP contribution in [0.15, 0.2) is 0 Å². The molecule has 2 amide bonds. The Labute approximate surface area is 147 Å². The van der Waals surface area contributed by atoms with Gasteiger partial charge in [0.15, 0.2) is 0 Å². The fourth-order valence-corrected chi connectivity index (χ4v) is 4.34. The largest absolute Gasteiger partial charge is 0.335 e. The van der Waals surface area contributed by atoms with E-state index >= 15 is 0 Å². The fraction of sp³-hybridized carbons (Fsp3) is 0.947. The van der Waals surface area contributed by atoms with Crippen LogP contribution in [0.2, 0.25) is 0 Å². The molecule has 0 bridgehead atoms. The summed E-state index contributed by atoms with van der Waals surface area (Å²) in [6.45, 7) is 6.63. The Balaban J connectivity index is 1.31. The van der Waals surface area contributed by atoms with Crippen molar-refractivity contribution in [2.45, 2.75) is 51.0 Å². The average Bonchev–Trinajstić information content (AvgIpc) is 3.42. The number of likely N-dealkylation sites (N-methyl/N-ethyl adjacent to an activating group) is 1. The molecule has 0 aromatic rings. The smallest absolute Gasteiger partial charge is 0.317 e. The second-order valence-corrected chi connectivity index (χ2v) is 8.33. The van der Waals surface area contributed by atoms with Gasteiger partial charge in [-0.1, -0.05) is 12.8 Å². The third-order valence-electron chi connectivity index (χ3n) is 6.24. The Bertz CT molecular complexity index is 404. The summed E-state index contributed by atoms with van der Waals surface area (Å²) >= 11 is 0.